The van der Waals surface area contributed by atoms with E-state index in [1.54, 1.807) is 4.88 Å². The zero-order valence-electron chi connectivity index (χ0n) is 10.7. The van der Waals surface area contributed by atoms with Gasteiger partial charge in [0.2, 0.25) is 0 Å². The van der Waals surface area contributed by atoms with E-state index in [0.717, 1.165) is 17.8 Å². The zero-order valence-corrected chi connectivity index (χ0v) is 11.5. The van der Waals surface area contributed by atoms with Crippen LogP contribution in [-0.4, -0.2) is 6.54 Å². The lowest BCUT2D eigenvalue weighted by Crippen LogP contribution is -2.29. The van der Waals surface area contributed by atoms with Gasteiger partial charge in [-0.1, -0.05) is 25.8 Å². The van der Waals surface area contributed by atoms with Crippen LogP contribution in [0.2, 0.25) is 0 Å². The van der Waals surface area contributed by atoms with Crippen molar-refractivity contribution in [3.05, 3.63) is 22.4 Å². The van der Waals surface area contributed by atoms with Gasteiger partial charge in [-0.2, -0.15) is 0 Å². The van der Waals surface area contributed by atoms with E-state index >= 15 is 0 Å². The highest BCUT2D eigenvalue weighted by Crippen LogP contribution is 2.42. The molecule has 0 spiro atoms. The predicted octanol–water partition coefficient (Wildman–Crippen LogP) is 4.23. The first kappa shape index (κ1) is 11.7. The molecule has 1 heterocycles. The number of hydrogen-bond acceptors (Lipinski definition) is 2. The Balaban J connectivity index is 1.58. The fourth-order valence-corrected chi connectivity index (χ4v) is 4.09. The molecule has 0 aromatic carbocycles. The lowest BCUT2D eigenvalue weighted by atomic mass is 9.97. The van der Waals surface area contributed by atoms with E-state index < -0.39 is 0 Å². The summed E-state index contributed by atoms with van der Waals surface area (Å²) >= 11 is 1.92. The molecule has 0 aliphatic heterocycles. The number of nitrogens with one attached hydrogen (secondary N) is 1. The van der Waals surface area contributed by atoms with Gasteiger partial charge < -0.3 is 5.32 Å². The van der Waals surface area contributed by atoms with E-state index in [9.17, 15) is 0 Å². The third kappa shape index (κ3) is 2.74. The fourth-order valence-electron chi connectivity index (χ4n) is 3.20. The highest BCUT2D eigenvalue weighted by molar-refractivity contribution is 7.10. The van der Waals surface area contributed by atoms with Crippen molar-refractivity contribution < 1.29 is 0 Å². The van der Waals surface area contributed by atoms with Crippen LogP contribution in [0.5, 0.6) is 0 Å². The van der Waals surface area contributed by atoms with Crippen molar-refractivity contribution in [3.63, 3.8) is 0 Å². The summed E-state index contributed by atoms with van der Waals surface area (Å²) in [6.07, 6.45) is 7.18. The molecule has 94 valence electrons. The Morgan fingerprint density at radius 3 is 2.82 bits per heavy atom. The van der Waals surface area contributed by atoms with E-state index in [1.807, 2.05) is 11.3 Å². The maximum Gasteiger partial charge on any atom is 0.0443 e. The van der Waals surface area contributed by atoms with Crippen molar-refractivity contribution in [3.8, 4) is 0 Å². The quantitative estimate of drug-likeness (QED) is 0.823. The van der Waals surface area contributed by atoms with Crippen LogP contribution >= 0.6 is 11.3 Å². The normalized spacial score (nSPS) is 30.6. The molecule has 1 N–H and O–H groups in total. The smallest absolute Gasteiger partial charge is 0.0443 e. The molecule has 1 aromatic heterocycles. The van der Waals surface area contributed by atoms with Crippen LogP contribution in [0.1, 0.15) is 49.9 Å². The first-order chi connectivity index (χ1) is 8.34. The van der Waals surface area contributed by atoms with Gasteiger partial charge in [-0.25, -0.2) is 0 Å². The van der Waals surface area contributed by atoms with Crippen LogP contribution < -0.4 is 5.32 Å². The van der Waals surface area contributed by atoms with Crippen LogP contribution in [0.25, 0.3) is 0 Å². The topological polar surface area (TPSA) is 12.0 Å². The Kier molecular flexibility index (Phi) is 3.53. The maximum atomic E-state index is 3.87. The van der Waals surface area contributed by atoms with E-state index in [0.29, 0.717) is 6.04 Å². The third-order valence-electron chi connectivity index (χ3n) is 4.58. The minimum Gasteiger partial charge on any atom is -0.309 e. The van der Waals surface area contributed by atoms with Gasteiger partial charge in [-0.05, 0) is 55.0 Å². The summed E-state index contributed by atoms with van der Waals surface area (Å²) < 4.78 is 0. The summed E-state index contributed by atoms with van der Waals surface area (Å²) in [7, 11) is 0. The van der Waals surface area contributed by atoms with Crippen molar-refractivity contribution in [2.75, 3.05) is 6.54 Å². The highest BCUT2D eigenvalue weighted by Gasteiger charge is 2.33. The molecule has 0 amide bonds. The monoisotopic (exact) mass is 249 g/mol. The van der Waals surface area contributed by atoms with Crippen LogP contribution in [0.4, 0.5) is 0 Å². The Hall–Kier alpha value is -0.340. The Morgan fingerprint density at radius 2 is 2.24 bits per heavy atom. The molecule has 2 saturated carbocycles. The van der Waals surface area contributed by atoms with Crippen molar-refractivity contribution >= 4 is 11.3 Å². The van der Waals surface area contributed by atoms with Gasteiger partial charge in [0.1, 0.15) is 0 Å². The molecular weight excluding hydrogens is 226 g/mol. The van der Waals surface area contributed by atoms with Gasteiger partial charge in [-0.3, -0.25) is 0 Å². The average molecular weight is 249 g/mol. The van der Waals surface area contributed by atoms with Gasteiger partial charge in [0.15, 0.2) is 0 Å². The second-order valence-electron chi connectivity index (χ2n) is 5.91. The van der Waals surface area contributed by atoms with Crippen LogP contribution in [0.15, 0.2) is 17.5 Å². The highest BCUT2D eigenvalue weighted by atomic mass is 32.1. The van der Waals surface area contributed by atoms with E-state index in [-0.39, 0.29) is 0 Å². The molecule has 2 aliphatic rings. The van der Waals surface area contributed by atoms with Gasteiger partial charge >= 0.3 is 0 Å². The van der Waals surface area contributed by atoms with E-state index in [4.69, 9.17) is 0 Å². The third-order valence-corrected chi connectivity index (χ3v) is 5.54. The summed E-state index contributed by atoms with van der Waals surface area (Å²) in [6, 6.07) is 5.15. The predicted molar refractivity (Wildman–Crippen MR) is 74.3 cm³/mol. The SMILES string of the molecule is CC1CCCC1CNC(c1cccs1)C1CC1. The number of hydrogen-bond donors (Lipinski definition) is 1. The van der Waals surface area contributed by atoms with E-state index in [2.05, 4.69) is 29.8 Å². The van der Waals surface area contributed by atoms with Crippen molar-refractivity contribution in [2.45, 2.75) is 45.1 Å². The minimum atomic E-state index is 0.655. The second-order valence-corrected chi connectivity index (χ2v) is 6.89. The van der Waals surface area contributed by atoms with E-state index in [1.165, 1.54) is 38.6 Å². The Labute approximate surface area is 109 Å². The van der Waals surface area contributed by atoms with Crippen LogP contribution in [0.3, 0.4) is 0 Å². The molecule has 3 unspecified atom stereocenters. The van der Waals surface area contributed by atoms with Gasteiger partial charge in [0.05, 0.1) is 0 Å². The number of thiophene rings is 1. The van der Waals surface area contributed by atoms with Gasteiger partial charge in [-0.15, -0.1) is 11.3 Å². The van der Waals surface area contributed by atoms with Crippen molar-refractivity contribution in [2.24, 2.45) is 17.8 Å². The molecular formula is C15H23NS. The molecule has 0 radical (unpaired) electrons. The minimum absolute atomic E-state index is 0.655. The average Bonchev–Trinajstić information content (AvgIpc) is 2.86. The summed E-state index contributed by atoms with van der Waals surface area (Å²) in [6.45, 7) is 3.66. The fraction of sp³-hybridized carbons (Fsp3) is 0.733. The Bertz CT molecular complexity index is 342. The summed E-state index contributed by atoms with van der Waals surface area (Å²) in [5.74, 6) is 2.78. The number of rotatable bonds is 5. The molecule has 3 rings (SSSR count). The first-order valence-corrected chi connectivity index (χ1v) is 7.99. The first-order valence-electron chi connectivity index (χ1n) is 7.11. The summed E-state index contributed by atoms with van der Waals surface area (Å²) in [5.41, 5.74) is 0. The largest absolute Gasteiger partial charge is 0.309 e. The van der Waals surface area contributed by atoms with Crippen molar-refractivity contribution in [1.29, 1.82) is 0 Å². The van der Waals surface area contributed by atoms with Gasteiger partial charge in [0.25, 0.3) is 0 Å². The lowest BCUT2D eigenvalue weighted by molar-refractivity contribution is 0.357. The lowest BCUT2D eigenvalue weighted by Gasteiger charge is -2.22. The maximum absolute atomic E-state index is 3.87. The second kappa shape index (κ2) is 5.11. The molecule has 2 heteroatoms. The summed E-state index contributed by atoms with van der Waals surface area (Å²) in [4.78, 5) is 1.55. The Morgan fingerprint density at radius 1 is 1.35 bits per heavy atom. The zero-order chi connectivity index (χ0) is 11.7. The summed E-state index contributed by atoms with van der Waals surface area (Å²) in [5, 5.41) is 6.08. The van der Waals surface area contributed by atoms with Crippen LogP contribution in [-0.2, 0) is 0 Å². The molecule has 0 bridgehead atoms. The standard InChI is InChI=1S/C15H23NS/c1-11-4-2-5-13(11)10-16-15(12-7-8-12)14-6-3-9-17-14/h3,6,9,11-13,15-16H,2,4-5,7-8,10H2,1H3. The molecule has 1 aromatic rings. The van der Waals surface area contributed by atoms with Crippen molar-refractivity contribution in [1.82, 2.24) is 5.32 Å². The molecule has 3 atom stereocenters. The molecule has 2 fully saturated rings. The molecule has 2 aliphatic carbocycles. The van der Waals surface area contributed by atoms with Gasteiger partial charge in [0, 0.05) is 10.9 Å². The molecule has 1 nitrogen and oxygen atoms in total. The molecule has 17 heavy (non-hydrogen) atoms. The molecule has 0 saturated heterocycles. The van der Waals surface area contributed by atoms with Crippen LogP contribution in [0, 0.1) is 17.8 Å².